The molecule has 0 aliphatic rings. The highest BCUT2D eigenvalue weighted by atomic mass is 35.5. The van der Waals surface area contributed by atoms with E-state index in [2.05, 4.69) is 5.48 Å². The Hall–Kier alpha value is -0.880. The van der Waals surface area contributed by atoms with Crippen LogP contribution >= 0.6 is 23.2 Å². The van der Waals surface area contributed by atoms with E-state index in [0.29, 0.717) is 6.61 Å². The van der Waals surface area contributed by atoms with Gasteiger partial charge >= 0.3 is 0 Å². The van der Waals surface area contributed by atoms with Gasteiger partial charge < -0.3 is 4.74 Å². The summed E-state index contributed by atoms with van der Waals surface area (Å²) in [4.78, 5) is 16.3. The normalized spacial score (nSPS) is 10.4. The zero-order valence-corrected chi connectivity index (χ0v) is 10.4. The van der Waals surface area contributed by atoms with Gasteiger partial charge in [0, 0.05) is 7.11 Å². The van der Waals surface area contributed by atoms with Gasteiger partial charge in [0.1, 0.15) is 5.82 Å². The molecule has 0 fully saturated rings. The van der Waals surface area contributed by atoms with Crippen LogP contribution in [-0.4, -0.2) is 26.2 Å². The number of nitrogens with one attached hydrogen (secondary N) is 1. The Morgan fingerprint density at radius 1 is 1.35 bits per heavy atom. The van der Waals surface area contributed by atoms with E-state index >= 15 is 0 Å². The minimum absolute atomic E-state index is 0.0456. The molecule has 1 amide bonds. The molecular weight excluding hydrogens is 272 g/mol. The summed E-state index contributed by atoms with van der Waals surface area (Å²) in [6.45, 7) is 0.499. The molecule has 0 aliphatic heterocycles. The Bertz CT molecular complexity index is 415. The summed E-state index contributed by atoms with van der Waals surface area (Å²) < 4.78 is 17.8. The Morgan fingerprint density at radius 3 is 2.71 bits per heavy atom. The van der Waals surface area contributed by atoms with Crippen LogP contribution in [0.5, 0.6) is 0 Å². The molecule has 1 N–H and O–H groups in total. The van der Waals surface area contributed by atoms with Crippen LogP contribution in [0.3, 0.4) is 0 Å². The molecule has 0 saturated heterocycles. The first-order valence-electron chi connectivity index (χ1n) is 4.62. The third kappa shape index (κ3) is 4.12. The monoisotopic (exact) mass is 281 g/mol. The van der Waals surface area contributed by atoms with E-state index in [4.69, 9.17) is 32.8 Å². The van der Waals surface area contributed by atoms with Crippen LogP contribution < -0.4 is 5.48 Å². The van der Waals surface area contributed by atoms with Crippen molar-refractivity contribution in [3.05, 3.63) is 33.6 Å². The zero-order chi connectivity index (χ0) is 12.8. The summed E-state index contributed by atoms with van der Waals surface area (Å²) in [6, 6.07) is 2.10. The summed E-state index contributed by atoms with van der Waals surface area (Å²) in [6.07, 6.45) is 0. The lowest BCUT2D eigenvalue weighted by Crippen LogP contribution is -2.25. The van der Waals surface area contributed by atoms with Crippen molar-refractivity contribution in [1.82, 2.24) is 5.48 Å². The molecule has 0 heterocycles. The number of methoxy groups -OCH3 is 1. The zero-order valence-electron chi connectivity index (χ0n) is 8.93. The van der Waals surface area contributed by atoms with E-state index in [1.165, 1.54) is 7.11 Å². The number of halogens is 3. The molecule has 1 rings (SSSR count). The Kier molecular flexibility index (Phi) is 5.64. The fourth-order valence-electron chi connectivity index (χ4n) is 0.993. The lowest BCUT2D eigenvalue weighted by Gasteiger charge is -2.07. The van der Waals surface area contributed by atoms with Crippen molar-refractivity contribution in [1.29, 1.82) is 0 Å². The number of hydrogen-bond donors (Lipinski definition) is 1. The molecule has 0 unspecified atom stereocenters. The van der Waals surface area contributed by atoms with Crippen molar-refractivity contribution in [3.8, 4) is 0 Å². The van der Waals surface area contributed by atoms with Gasteiger partial charge in [-0.25, -0.2) is 9.87 Å². The second kappa shape index (κ2) is 6.76. The molecule has 0 aliphatic carbocycles. The van der Waals surface area contributed by atoms with Gasteiger partial charge in [0.2, 0.25) is 0 Å². The van der Waals surface area contributed by atoms with Gasteiger partial charge in [-0.15, -0.1) is 0 Å². The molecular formula is C10H10Cl2FNO3. The van der Waals surface area contributed by atoms with Crippen LogP contribution in [0, 0.1) is 5.82 Å². The highest BCUT2D eigenvalue weighted by Gasteiger charge is 2.14. The Labute approximate surface area is 108 Å². The van der Waals surface area contributed by atoms with Crippen LogP contribution in [0.4, 0.5) is 4.39 Å². The van der Waals surface area contributed by atoms with Crippen LogP contribution in [0.25, 0.3) is 0 Å². The van der Waals surface area contributed by atoms with Crippen molar-refractivity contribution in [3.63, 3.8) is 0 Å². The molecule has 0 bridgehead atoms. The van der Waals surface area contributed by atoms with Crippen LogP contribution in [0.15, 0.2) is 12.1 Å². The van der Waals surface area contributed by atoms with Crippen molar-refractivity contribution >= 4 is 29.1 Å². The smallest absolute Gasteiger partial charge is 0.276 e. The summed E-state index contributed by atoms with van der Waals surface area (Å²) in [5.41, 5.74) is 2.06. The molecule has 17 heavy (non-hydrogen) atoms. The highest BCUT2D eigenvalue weighted by Crippen LogP contribution is 2.24. The third-order valence-corrected chi connectivity index (χ3v) is 2.41. The first-order chi connectivity index (χ1) is 8.06. The van der Waals surface area contributed by atoms with Crippen LogP contribution in [0.2, 0.25) is 10.0 Å². The molecule has 4 nitrogen and oxygen atoms in total. The number of ether oxygens (including phenoxy) is 1. The van der Waals surface area contributed by atoms with Gasteiger partial charge in [-0.2, -0.15) is 0 Å². The van der Waals surface area contributed by atoms with E-state index in [1.807, 2.05) is 0 Å². The molecule has 0 aromatic heterocycles. The minimum atomic E-state index is -0.724. The van der Waals surface area contributed by atoms with Gasteiger partial charge in [-0.05, 0) is 12.1 Å². The maximum atomic E-state index is 13.1. The summed E-state index contributed by atoms with van der Waals surface area (Å²) >= 11 is 11.2. The van der Waals surface area contributed by atoms with E-state index < -0.39 is 11.7 Å². The van der Waals surface area contributed by atoms with Gasteiger partial charge in [0.05, 0.1) is 28.8 Å². The second-order valence-corrected chi connectivity index (χ2v) is 3.83. The maximum Gasteiger partial charge on any atom is 0.276 e. The lowest BCUT2D eigenvalue weighted by atomic mass is 10.2. The molecule has 1 aromatic carbocycles. The topological polar surface area (TPSA) is 47.6 Å². The average molecular weight is 282 g/mol. The highest BCUT2D eigenvalue weighted by molar-refractivity contribution is 6.36. The number of hydrogen-bond acceptors (Lipinski definition) is 3. The van der Waals surface area contributed by atoms with Gasteiger partial charge in [0.15, 0.2) is 0 Å². The molecule has 0 radical (unpaired) electrons. The lowest BCUT2D eigenvalue weighted by molar-refractivity contribution is 0.00887. The number of carbonyl (C=O) groups is 1. The minimum Gasteiger partial charge on any atom is -0.382 e. The number of hydroxylamine groups is 1. The molecule has 0 spiro atoms. The van der Waals surface area contributed by atoms with Gasteiger partial charge in [0.25, 0.3) is 5.91 Å². The number of benzene rings is 1. The van der Waals surface area contributed by atoms with Crippen LogP contribution in [-0.2, 0) is 9.57 Å². The van der Waals surface area contributed by atoms with E-state index in [-0.39, 0.29) is 22.2 Å². The maximum absolute atomic E-state index is 13.1. The Balaban J connectivity index is 2.66. The molecule has 1 aromatic rings. The SMILES string of the molecule is COCCONC(=O)c1cc(F)c(Cl)cc1Cl. The molecule has 0 saturated carbocycles. The molecule has 7 heteroatoms. The predicted octanol–water partition coefficient (Wildman–Crippen LogP) is 2.44. The van der Waals surface area contributed by atoms with E-state index in [0.717, 1.165) is 12.1 Å². The molecule has 0 atom stereocenters. The van der Waals surface area contributed by atoms with Crippen molar-refractivity contribution in [2.45, 2.75) is 0 Å². The number of rotatable bonds is 5. The standard InChI is InChI=1S/C10H10Cl2FNO3/c1-16-2-3-17-14-10(15)6-4-9(13)8(12)5-7(6)11/h4-5H,2-3H2,1H3,(H,14,15). The van der Waals surface area contributed by atoms with Crippen molar-refractivity contribution < 1.29 is 18.8 Å². The van der Waals surface area contributed by atoms with Gasteiger partial charge in [-0.3, -0.25) is 9.63 Å². The quantitative estimate of drug-likeness (QED) is 0.512. The number of carbonyl (C=O) groups excluding carboxylic acids is 1. The fraction of sp³-hybridized carbons (Fsp3) is 0.300. The van der Waals surface area contributed by atoms with Crippen LogP contribution in [0.1, 0.15) is 10.4 Å². The summed E-state index contributed by atoms with van der Waals surface area (Å²) in [7, 11) is 1.50. The second-order valence-electron chi connectivity index (χ2n) is 3.02. The first kappa shape index (κ1) is 14.2. The first-order valence-corrected chi connectivity index (χ1v) is 5.37. The number of amides is 1. The predicted molar refractivity (Wildman–Crippen MR) is 61.7 cm³/mol. The Morgan fingerprint density at radius 2 is 2.06 bits per heavy atom. The average Bonchev–Trinajstić information content (AvgIpc) is 2.29. The third-order valence-electron chi connectivity index (χ3n) is 1.81. The van der Waals surface area contributed by atoms with E-state index in [9.17, 15) is 9.18 Å². The van der Waals surface area contributed by atoms with Crippen molar-refractivity contribution in [2.24, 2.45) is 0 Å². The van der Waals surface area contributed by atoms with E-state index in [1.54, 1.807) is 0 Å². The van der Waals surface area contributed by atoms with Crippen molar-refractivity contribution in [2.75, 3.05) is 20.3 Å². The largest absolute Gasteiger partial charge is 0.382 e. The molecule has 94 valence electrons. The van der Waals surface area contributed by atoms with Gasteiger partial charge in [-0.1, -0.05) is 23.2 Å². The summed E-state index contributed by atoms with van der Waals surface area (Å²) in [5.74, 6) is -1.38. The fourth-order valence-corrected chi connectivity index (χ4v) is 1.46. The summed E-state index contributed by atoms with van der Waals surface area (Å²) in [5, 5.41) is -0.101.